The lowest BCUT2D eigenvalue weighted by molar-refractivity contribution is 0.0934. The second kappa shape index (κ2) is 9.05. The van der Waals surface area contributed by atoms with E-state index < -0.39 is 0 Å². The number of methoxy groups -OCH3 is 2. The second-order valence-electron chi connectivity index (χ2n) is 7.47. The summed E-state index contributed by atoms with van der Waals surface area (Å²) in [5.41, 5.74) is 3.00. The third-order valence-electron chi connectivity index (χ3n) is 5.35. The van der Waals surface area contributed by atoms with E-state index in [2.05, 4.69) is 15.3 Å². The van der Waals surface area contributed by atoms with Gasteiger partial charge in [0.25, 0.3) is 5.91 Å². The highest BCUT2D eigenvalue weighted by Gasteiger charge is 2.21. The summed E-state index contributed by atoms with van der Waals surface area (Å²) in [5, 5.41) is 7.55. The predicted molar refractivity (Wildman–Crippen MR) is 123 cm³/mol. The molecule has 1 atom stereocenters. The number of benzene rings is 1. The van der Waals surface area contributed by atoms with Crippen LogP contribution in [0.5, 0.6) is 11.5 Å². The molecule has 0 bridgehead atoms. The van der Waals surface area contributed by atoms with Crippen LogP contribution in [0, 0.1) is 6.92 Å². The number of hydrogen-bond acceptors (Lipinski definition) is 7. The van der Waals surface area contributed by atoms with Gasteiger partial charge in [0, 0.05) is 30.7 Å². The Morgan fingerprint density at radius 2 is 1.90 bits per heavy atom. The molecule has 2 aromatic heterocycles. The summed E-state index contributed by atoms with van der Waals surface area (Å²) in [6, 6.07) is 7.21. The molecule has 164 valence electrons. The Balaban J connectivity index is 1.58. The van der Waals surface area contributed by atoms with E-state index in [1.807, 2.05) is 56.1 Å². The maximum atomic E-state index is 13.0. The molecule has 1 amide bonds. The summed E-state index contributed by atoms with van der Waals surface area (Å²) in [6.07, 6.45) is 1.85. The van der Waals surface area contributed by atoms with Crippen LogP contribution in [0.4, 0.5) is 5.82 Å². The van der Waals surface area contributed by atoms with Crippen molar-refractivity contribution in [3.8, 4) is 11.5 Å². The number of carbonyl (C=O) groups excluding carboxylic acids is 1. The zero-order valence-corrected chi connectivity index (χ0v) is 19.0. The Morgan fingerprint density at radius 1 is 1.16 bits per heavy atom. The summed E-state index contributed by atoms with van der Waals surface area (Å²) in [7, 11) is 3.19. The molecule has 1 fully saturated rings. The van der Waals surface area contributed by atoms with Crippen molar-refractivity contribution in [1.29, 1.82) is 0 Å². The first-order valence-electron chi connectivity index (χ1n) is 10.2. The Hall–Kier alpha value is -2.94. The zero-order chi connectivity index (χ0) is 22.0. The van der Waals surface area contributed by atoms with E-state index in [4.69, 9.17) is 14.5 Å². The molecule has 0 spiro atoms. The number of nitrogens with zero attached hydrogens (tertiary/aromatic N) is 4. The van der Waals surface area contributed by atoms with Crippen LogP contribution < -0.4 is 19.7 Å². The van der Waals surface area contributed by atoms with Gasteiger partial charge in [-0.2, -0.15) is 16.9 Å². The SMILES string of the molecule is COc1ccc(C(C)NC(=O)c2cc3c(N4CCSCC4)nc(C)cn3n2)cc1OC. The van der Waals surface area contributed by atoms with Crippen LogP contribution in [0.2, 0.25) is 0 Å². The number of amides is 1. The standard InChI is InChI=1S/C22H27N5O3S/c1-14-13-27-18(21(23-14)26-7-9-31-10-8-26)12-17(25-27)22(28)24-15(2)16-5-6-19(29-3)20(11-16)30-4/h5-6,11-13,15H,7-10H2,1-4H3,(H,24,28). The van der Waals surface area contributed by atoms with Gasteiger partial charge in [-0.1, -0.05) is 6.07 Å². The average molecular weight is 442 g/mol. The summed E-state index contributed by atoms with van der Waals surface area (Å²) < 4.78 is 12.4. The number of nitrogens with one attached hydrogen (secondary N) is 1. The van der Waals surface area contributed by atoms with Gasteiger partial charge in [0.05, 0.1) is 32.2 Å². The number of aromatic nitrogens is 3. The lowest BCUT2D eigenvalue weighted by atomic mass is 10.1. The highest BCUT2D eigenvalue weighted by molar-refractivity contribution is 7.99. The van der Waals surface area contributed by atoms with Crippen LogP contribution >= 0.6 is 11.8 Å². The molecule has 0 saturated carbocycles. The third kappa shape index (κ3) is 4.41. The summed E-state index contributed by atoms with van der Waals surface area (Å²) in [4.78, 5) is 20.0. The van der Waals surface area contributed by atoms with E-state index in [0.29, 0.717) is 17.2 Å². The summed E-state index contributed by atoms with van der Waals surface area (Å²) in [6.45, 7) is 5.76. The maximum Gasteiger partial charge on any atom is 0.272 e. The molecule has 4 rings (SSSR count). The van der Waals surface area contributed by atoms with Crippen LogP contribution in [-0.4, -0.2) is 59.3 Å². The van der Waals surface area contributed by atoms with Crippen molar-refractivity contribution in [1.82, 2.24) is 19.9 Å². The molecule has 3 aromatic rings. The van der Waals surface area contributed by atoms with E-state index in [9.17, 15) is 4.79 Å². The normalized spacial score (nSPS) is 15.0. The number of carbonyl (C=O) groups is 1. The molecule has 0 aliphatic carbocycles. The molecular formula is C22H27N5O3S. The molecule has 1 aliphatic rings. The minimum Gasteiger partial charge on any atom is -0.493 e. The van der Waals surface area contributed by atoms with E-state index in [-0.39, 0.29) is 11.9 Å². The number of hydrogen-bond donors (Lipinski definition) is 1. The van der Waals surface area contributed by atoms with Crippen LogP contribution in [-0.2, 0) is 0 Å². The zero-order valence-electron chi connectivity index (χ0n) is 18.2. The van der Waals surface area contributed by atoms with Crippen LogP contribution in [0.3, 0.4) is 0 Å². The topological polar surface area (TPSA) is 81.0 Å². The third-order valence-corrected chi connectivity index (χ3v) is 6.30. The number of aryl methyl sites for hydroxylation is 1. The average Bonchev–Trinajstić information content (AvgIpc) is 3.22. The Bertz CT molecular complexity index is 1090. The van der Waals surface area contributed by atoms with Crippen LogP contribution in [0.15, 0.2) is 30.5 Å². The first kappa shape index (κ1) is 21.3. The minimum atomic E-state index is -0.233. The van der Waals surface area contributed by atoms with Crippen molar-refractivity contribution in [2.75, 3.05) is 43.7 Å². The fourth-order valence-corrected chi connectivity index (χ4v) is 4.59. The van der Waals surface area contributed by atoms with Gasteiger partial charge < -0.3 is 19.7 Å². The van der Waals surface area contributed by atoms with Gasteiger partial charge in [0.15, 0.2) is 23.0 Å². The molecule has 1 aliphatic heterocycles. The molecule has 1 saturated heterocycles. The lowest BCUT2D eigenvalue weighted by Crippen LogP contribution is -2.33. The molecular weight excluding hydrogens is 414 g/mol. The van der Waals surface area contributed by atoms with Crippen LogP contribution in [0.25, 0.3) is 5.52 Å². The fraction of sp³-hybridized carbons (Fsp3) is 0.409. The first-order chi connectivity index (χ1) is 15.0. The first-order valence-corrected chi connectivity index (χ1v) is 11.4. The van der Waals surface area contributed by atoms with Gasteiger partial charge >= 0.3 is 0 Å². The number of rotatable bonds is 6. The number of fused-ring (bicyclic) bond motifs is 1. The van der Waals surface area contributed by atoms with E-state index in [0.717, 1.165) is 47.2 Å². The van der Waals surface area contributed by atoms with Crippen LogP contribution in [0.1, 0.15) is 34.7 Å². The monoisotopic (exact) mass is 441 g/mol. The van der Waals surface area contributed by atoms with Gasteiger partial charge in [-0.05, 0) is 31.5 Å². The molecule has 1 unspecified atom stereocenters. The molecule has 9 heteroatoms. The highest BCUT2D eigenvalue weighted by atomic mass is 32.2. The van der Waals surface area contributed by atoms with Gasteiger partial charge in [-0.3, -0.25) is 4.79 Å². The van der Waals surface area contributed by atoms with Crippen molar-refractivity contribution in [3.05, 3.63) is 47.4 Å². The van der Waals surface area contributed by atoms with Gasteiger partial charge in [-0.15, -0.1) is 0 Å². The van der Waals surface area contributed by atoms with Crippen molar-refractivity contribution < 1.29 is 14.3 Å². The molecule has 0 radical (unpaired) electrons. The van der Waals surface area contributed by atoms with Crippen molar-refractivity contribution >= 4 is 29.0 Å². The number of anilines is 1. The Morgan fingerprint density at radius 3 is 2.61 bits per heavy atom. The maximum absolute atomic E-state index is 13.0. The molecule has 3 heterocycles. The highest BCUT2D eigenvalue weighted by Crippen LogP contribution is 2.30. The second-order valence-corrected chi connectivity index (χ2v) is 8.70. The summed E-state index contributed by atoms with van der Waals surface area (Å²) in [5.74, 6) is 4.08. The van der Waals surface area contributed by atoms with Crippen molar-refractivity contribution in [2.24, 2.45) is 0 Å². The molecule has 8 nitrogen and oxygen atoms in total. The fourth-order valence-electron chi connectivity index (χ4n) is 3.68. The van der Waals surface area contributed by atoms with Gasteiger partial charge in [0.1, 0.15) is 5.52 Å². The Kier molecular flexibility index (Phi) is 6.22. The van der Waals surface area contributed by atoms with E-state index in [1.165, 1.54) is 0 Å². The van der Waals surface area contributed by atoms with Crippen molar-refractivity contribution in [2.45, 2.75) is 19.9 Å². The smallest absolute Gasteiger partial charge is 0.272 e. The number of ether oxygens (including phenoxy) is 2. The quantitative estimate of drug-likeness (QED) is 0.629. The molecule has 1 N–H and O–H groups in total. The lowest BCUT2D eigenvalue weighted by Gasteiger charge is -2.28. The Labute approximate surface area is 185 Å². The largest absolute Gasteiger partial charge is 0.493 e. The van der Waals surface area contributed by atoms with E-state index in [1.54, 1.807) is 18.7 Å². The van der Waals surface area contributed by atoms with Gasteiger partial charge in [0.2, 0.25) is 0 Å². The van der Waals surface area contributed by atoms with Crippen molar-refractivity contribution in [3.63, 3.8) is 0 Å². The molecule has 31 heavy (non-hydrogen) atoms. The number of thioether (sulfide) groups is 1. The summed E-state index contributed by atoms with van der Waals surface area (Å²) >= 11 is 1.95. The minimum absolute atomic E-state index is 0.226. The van der Waals surface area contributed by atoms with E-state index >= 15 is 0 Å². The van der Waals surface area contributed by atoms with Gasteiger partial charge in [-0.25, -0.2) is 9.50 Å². The predicted octanol–water partition coefficient (Wildman–Crippen LogP) is 3.10. The molecule has 1 aromatic carbocycles.